The number of carbonyl (C=O) groups excluding carboxylic acids is 4. The predicted octanol–water partition coefficient (Wildman–Crippen LogP) is 1.87. The summed E-state index contributed by atoms with van der Waals surface area (Å²) in [5.74, 6) is -2.88. The van der Waals surface area contributed by atoms with Crippen molar-refractivity contribution >= 4 is 41.0 Å². The molecule has 2 aliphatic rings. The van der Waals surface area contributed by atoms with Crippen molar-refractivity contribution in [3.63, 3.8) is 0 Å². The second-order valence-electron chi connectivity index (χ2n) is 6.77. The summed E-state index contributed by atoms with van der Waals surface area (Å²) in [5, 5.41) is 11.8. The van der Waals surface area contributed by atoms with Crippen molar-refractivity contribution in [2.45, 2.75) is 25.7 Å². The van der Waals surface area contributed by atoms with Crippen LogP contribution in [-0.4, -0.2) is 41.7 Å². The summed E-state index contributed by atoms with van der Waals surface area (Å²) in [4.78, 5) is 49.6. The SMILES string of the molecule is N#Cc1ccc(Cl)cc1NC(=O)COC(=O)CN1C(=O)C2CCCCC2C1=O. The second-order valence-corrected chi connectivity index (χ2v) is 7.21. The molecule has 0 spiro atoms. The first-order valence-electron chi connectivity index (χ1n) is 8.91. The molecular formula is C19H18ClN3O5. The summed E-state index contributed by atoms with van der Waals surface area (Å²) in [6.45, 7) is -1.11. The molecule has 1 aromatic rings. The molecule has 2 atom stereocenters. The van der Waals surface area contributed by atoms with Crippen molar-refractivity contribution in [3.05, 3.63) is 28.8 Å². The summed E-state index contributed by atoms with van der Waals surface area (Å²) in [6.07, 6.45) is 3.10. The number of amides is 3. The number of nitriles is 1. The molecule has 0 bridgehead atoms. The molecule has 146 valence electrons. The van der Waals surface area contributed by atoms with Crippen LogP contribution in [-0.2, 0) is 23.9 Å². The van der Waals surface area contributed by atoms with Crippen molar-refractivity contribution in [1.29, 1.82) is 5.26 Å². The first-order chi connectivity index (χ1) is 13.4. The summed E-state index contributed by atoms with van der Waals surface area (Å²) >= 11 is 5.84. The molecular weight excluding hydrogens is 386 g/mol. The molecule has 28 heavy (non-hydrogen) atoms. The van der Waals surface area contributed by atoms with E-state index in [2.05, 4.69) is 5.32 Å². The van der Waals surface area contributed by atoms with Crippen molar-refractivity contribution in [1.82, 2.24) is 4.90 Å². The number of nitrogens with zero attached hydrogens (tertiary/aromatic N) is 2. The molecule has 1 saturated carbocycles. The number of likely N-dealkylation sites (tertiary alicyclic amines) is 1. The number of anilines is 1. The van der Waals surface area contributed by atoms with E-state index >= 15 is 0 Å². The average molecular weight is 404 g/mol. The molecule has 1 aliphatic carbocycles. The molecule has 3 rings (SSSR count). The van der Waals surface area contributed by atoms with Crippen LogP contribution in [0.4, 0.5) is 5.69 Å². The maximum atomic E-state index is 12.3. The number of hydrogen-bond donors (Lipinski definition) is 1. The Morgan fingerprint density at radius 3 is 2.46 bits per heavy atom. The third kappa shape index (κ3) is 4.15. The number of hydrogen-bond acceptors (Lipinski definition) is 6. The molecule has 1 aromatic carbocycles. The third-order valence-electron chi connectivity index (χ3n) is 4.96. The quantitative estimate of drug-likeness (QED) is 0.592. The number of nitrogens with one attached hydrogen (secondary N) is 1. The zero-order valence-corrected chi connectivity index (χ0v) is 15.7. The molecule has 0 aromatic heterocycles. The van der Waals surface area contributed by atoms with E-state index in [0.717, 1.165) is 17.7 Å². The Bertz CT molecular complexity index is 855. The van der Waals surface area contributed by atoms with E-state index in [1.165, 1.54) is 18.2 Å². The van der Waals surface area contributed by atoms with Crippen LogP contribution in [0.25, 0.3) is 0 Å². The van der Waals surface area contributed by atoms with Gasteiger partial charge in [0, 0.05) is 5.02 Å². The fourth-order valence-corrected chi connectivity index (χ4v) is 3.78. The highest BCUT2D eigenvalue weighted by atomic mass is 35.5. The maximum Gasteiger partial charge on any atom is 0.326 e. The minimum absolute atomic E-state index is 0.199. The molecule has 8 nitrogen and oxygen atoms in total. The molecule has 9 heteroatoms. The van der Waals surface area contributed by atoms with Gasteiger partial charge in [0.1, 0.15) is 12.6 Å². The number of rotatable bonds is 5. The molecule has 1 heterocycles. The first kappa shape index (κ1) is 19.8. The van der Waals surface area contributed by atoms with E-state index in [4.69, 9.17) is 21.6 Å². The highest BCUT2D eigenvalue weighted by molar-refractivity contribution is 6.31. The summed E-state index contributed by atoms with van der Waals surface area (Å²) < 4.78 is 4.88. The van der Waals surface area contributed by atoms with Gasteiger partial charge in [0.25, 0.3) is 5.91 Å². The summed E-state index contributed by atoms with van der Waals surface area (Å²) in [5.41, 5.74) is 0.407. The van der Waals surface area contributed by atoms with E-state index in [0.29, 0.717) is 17.9 Å². The van der Waals surface area contributed by atoms with Gasteiger partial charge in [-0.05, 0) is 31.0 Å². The van der Waals surface area contributed by atoms with Gasteiger partial charge in [-0.25, -0.2) is 0 Å². The molecule has 2 unspecified atom stereocenters. The van der Waals surface area contributed by atoms with Gasteiger partial charge in [0.15, 0.2) is 6.61 Å². The van der Waals surface area contributed by atoms with Crippen molar-refractivity contribution in [2.75, 3.05) is 18.5 Å². The van der Waals surface area contributed by atoms with E-state index in [1.54, 1.807) is 0 Å². The molecule has 1 aliphatic heterocycles. The van der Waals surface area contributed by atoms with Crippen LogP contribution in [0.3, 0.4) is 0 Å². The number of benzene rings is 1. The third-order valence-corrected chi connectivity index (χ3v) is 5.20. The smallest absolute Gasteiger partial charge is 0.326 e. The Morgan fingerprint density at radius 2 is 1.86 bits per heavy atom. The minimum Gasteiger partial charge on any atom is -0.454 e. The number of imide groups is 1. The van der Waals surface area contributed by atoms with Gasteiger partial charge < -0.3 is 10.1 Å². The van der Waals surface area contributed by atoms with Crippen molar-refractivity contribution in [2.24, 2.45) is 11.8 Å². The zero-order chi connectivity index (χ0) is 20.3. The standard InChI is InChI=1S/C19H18ClN3O5/c20-12-6-5-11(8-21)15(7-12)22-16(24)10-28-17(25)9-23-18(26)13-3-1-2-4-14(13)19(23)27/h5-7,13-14H,1-4,9-10H2,(H,22,24). The van der Waals surface area contributed by atoms with Crippen LogP contribution < -0.4 is 5.32 Å². The lowest BCUT2D eigenvalue weighted by Crippen LogP contribution is -2.37. The Balaban J connectivity index is 1.53. The van der Waals surface area contributed by atoms with E-state index in [9.17, 15) is 19.2 Å². The minimum atomic E-state index is -0.845. The number of esters is 1. The highest BCUT2D eigenvalue weighted by Crippen LogP contribution is 2.37. The average Bonchev–Trinajstić information content (AvgIpc) is 2.92. The summed E-state index contributed by atoms with van der Waals surface area (Å²) in [6, 6.07) is 6.28. The lowest BCUT2D eigenvalue weighted by molar-refractivity contribution is -0.154. The molecule has 1 saturated heterocycles. The lowest BCUT2D eigenvalue weighted by atomic mass is 9.81. The largest absolute Gasteiger partial charge is 0.454 e. The van der Waals surface area contributed by atoms with E-state index in [1.807, 2.05) is 6.07 Å². The van der Waals surface area contributed by atoms with E-state index in [-0.39, 0.29) is 34.9 Å². The Morgan fingerprint density at radius 1 is 1.21 bits per heavy atom. The zero-order valence-electron chi connectivity index (χ0n) is 14.9. The Labute approximate surface area is 166 Å². The van der Waals surface area contributed by atoms with Gasteiger partial charge in [-0.15, -0.1) is 0 Å². The monoisotopic (exact) mass is 403 g/mol. The lowest BCUT2D eigenvalue weighted by Gasteiger charge is -2.19. The predicted molar refractivity (Wildman–Crippen MR) is 97.9 cm³/mol. The van der Waals surface area contributed by atoms with Crippen LogP contribution in [0, 0.1) is 23.2 Å². The number of fused-ring (bicyclic) bond motifs is 1. The van der Waals surface area contributed by atoms with Gasteiger partial charge >= 0.3 is 5.97 Å². The topological polar surface area (TPSA) is 117 Å². The molecule has 3 amide bonds. The van der Waals surface area contributed by atoms with Crippen LogP contribution in [0.15, 0.2) is 18.2 Å². The first-order valence-corrected chi connectivity index (χ1v) is 9.29. The normalized spacial score (nSPS) is 21.1. The van der Waals surface area contributed by atoms with Gasteiger partial charge in [-0.3, -0.25) is 24.1 Å². The maximum absolute atomic E-state index is 12.3. The van der Waals surface area contributed by atoms with Crippen LogP contribution in [0.2, 0.25) is 5.02 Å². The fraction of sp³-hybridized carbons (Fsp3) is 0.421. The van der Waals surface area contributed by atoms with E-state index < -0.39 is 25.0 Å². The number of halogens is 1. The number of ether oxygens (including phenoxy) is 1. The van der Waals surface area contributed by atoms with Gasteiger partial charge in [0.05, 0.1) is 23.1 Å². The van der Waals surface area contributed by atoms with Crippen molar-refractivity contribution < 1.29 is 23.9 Å². The van der Waals surface area contributed by atoms with Gasteiger partial charge in [-0.1, -0.05) is 24.4 Å². The Kier molecular flexibility index (Phi) is 5.95. The number of carbonyl (C=O) groups is 4. The second kappa shape index (κ2) is 8.40. The van der Waals surface area contributed by atoms with Crippen LogP contribution in [0.5, 0.6) is 0 Å². The van der Waals surface area contributed by atoms with Crippen molar-refractivity contribution in [3.8, 4) is 6.07 Å². The molecule has 1 N–H and O–H groups in total. The van der Waals surface area contributed by atoms with Crippen LogP contribution in [0.1, 0.15) is 31.2 Å². The fourth-order valence-electron chi connectivity index (χ4n) is 3.61. The summed E-state index contributed by atoms with van der Waals surface area (Å²) in [7, 11) is 0. The molecule has 2 fully saturated rings. The van der Waals surface area contributed by atoms with Crippen LogP contribution >= 0.6 is 11.6 Å². The Hall–Kier alpha value is -2.92. The van der Waals surface area contributed by atoms with Gasteiger partial charge in [-0.2, -0.15) is 5.26 Å². The molecule has 0 radical (unpaired) electrons. The highest BCUT2D eigenvalue weighted by Gasteiger charge is 2.48. The van der Waals surface area contributed by atoms with Gasteiger partial charge in [0.2, 0.25) is 11.8 Å².